The molecule has 1 aromatic rings. The fourth-order valence-electron chi connectivity index (χ4n) is 3.11. The SMILES string of the molecule is COC(=O)c1c(O)cc(O)c(Cl)c1CCC(=O)NC1=CC(C)C(OC)=CC1C. The van der Waals surface area contributed by atoms with E-state index in [0.717, 1.165) is 17.5 Å². The number of methoxy groups -OCH3 is 2. The average Bonchev–Trinajstić information content (AvgIpc) is 2.65. The van der Waals surface area contributed by atoms with Crippen molar-refractivity contribution in [3.63, 3.8) is 0 Å². The number of hydrogen-bond acceptors (Lipinski definition) is 6. The van der Waals surface area contributed by atoms with Gasteiger partial charge in [0, 0.05) is 30.0 Å². The number of phenols is 2. The van der Waals surface area contributed by atoms with E-state index in [2.05, 4.69) is 10.1 Å². The molecule has 0 fully saturated rings. The third-order valence-electron chi connectivity index (χ3n) is 4.62. The minimum atomic E-state index is -0.801. The molecule has 0 aromatic heterocycles. The van der Waals surface area contributed by atoms with Crippen LogP contribution in [0.4, 0.5) is 0 Å². The van der Waals surface area contributed by atoms with E-state index in [9.17, 15) is 19.8 Å². The van der Waals surface area contributed by atoms with Crippen molar-refractivity contribution in [1.29, 1.82) is 0 Å². The van der Waals surface area contributed by atoms with E-state index in [1.165, 1.54) is 7.11 Å². The molecular formula is C20H24ClNO6. The van der Waals surface area contributed by atoms with Gasteiger partial charge in [0.25, 0.3) is 0 Å². The lowest BCUT2D eigenvalue weighted by atomic mass is 9.93. The summed E-state index contributed by atoms with van der Waals surface area (Å²) in [6, 6.07) is 0.966. The van der Waals surface area contributed by atoms with Crippen LogP contribution in [0.25, 0.3) is 0 Å². The van der Waals surface area contributed by atoms with Gasteiger partial charge in [0.1, 0.15) is 17.1 Å². The fraction of sp³-hybridized carbons (Fsp3) is 0.400. The minimum Gasteiger partial charge on any atom is -0.507 e. The van der Waals surface area contributed by atoms with Crippen molar-refractivity contribution in [2.45, 2.75) is 26.7 Å². The van der Waals surface area contributed by atoms with Gasteiger partial charge in [-0.05, 0) is 18.1 Å². The Morgan fingerprint density at radius 1 is 1.14 bits per heavy atom. The molecule has 0 saturated heterocycles. The van der Waals surface area contributed by atoms with Gasteiger partial charge in [0.2, 0.25) is 5.91 Å². The number of allylic oxidation sites excluding steroid dienone is 2. The molecule has 0 aliphatic heterocycles. The molecule has 2 unspecified atom stereocenters. The number of ether oxygens (including phenoxy) is 2. The highest BCUT2D eigenvalue weighted by atomic mass is 35.5. The monoisotopic (exact) mass is 409 g/mol. The minimum absolute atomic E-state index is 0.00804. The molecule has 1 aliphatic carbocycles. The van der Waals surface area contributed by atoms with E-state index in [1.807, 2.05) is 26.0 Å². The molecule has 2 rings (SSSR count). The van der Waals surface area contributed by atoms with Gasteiger partial charge in [0.05, 0.1) is 25.0 Å². The topological polar surface area (TPSA) is 105 Å². The van der Waals surface area contributed by atoms with Crippen LogP contribution >= 0.6 is 11.6 Å². The van der Waals surface area contributed by atoms with E-state index in [-0.39, 0.29) is 52.5 Å². The maximum atomic E-state index is 12.4. The molecular weight excluding hydrogens is 386 g/mol. The van der Waals surface area contributed by atoms with Crippen LogP contribution in [-0.2, 0) is 20.7 Å². The number of aromatic hydroxyl groups is 2. The fourth-order valence-corrected chi connectivity index (χ4v) is 3.35. The number of carbonyl (C=O) groups is 2. The first-order chi connectivity index (χ1) is 13.2. The van der Waals surface area contributed by atoms with Crippen LogP contribution in [0.1, 0.15) is 36.2 Å². The van der Waals surface area contributed by atoms with Crippen LogP contribution in [0.3, 0.4) is 0 Å². The number of phenolic OH excluding ortho intramolecular Hbond substituents is 2. The summed E-state index contributed by atoms with van der Waals surface area (Å²) in [4.78, 5) is 24.4. The summed E-state index contributed by atoms with van der Waals surface area (Å²) < 4.78 is 9.97. The lowest BCUT2D eigenvalue weighted by molar-refractivity contribution is -0.120. The maximum Gasteiger partial charge on any atom is 0.341 e. The lowest BCUT2D eigenvalue weighted by Crippen LogP contribution is -2.28. The Labute approximate surface area is 168 Å². The second-order valence-corrected chi connectivity index (χ2v) is 6.97. The summed E-state index contributed by atoms with van der Waals surface area (Å²) in [7, 11) is 2.78. The second-order valence-electron chi connectivity index (χ2n) is 6.59. The van der Waals surface area contributed by atoms with Gasteiger partial charge < -0.3 is 25.0 Å². The quantitative estimate of drug-likeness (QED) is 0.622. The molecule has 152 valence electrons. The van der Waals surface area contributed by atoms with E-state index in [0.29, 0.717) is 0 Å². The molecule has 0 radical (unpaired) electrons. The van der Waals surface area contributed by atoms with Crippen LogP contribution in [0.5, 0.6) is 11.5 Å². The van der Waals surface area contributed by atoms with E-state index in [4.69, 9.17) is 16.3 Å². The summed E-state index contributed by atoms with van der Waals surface area (Å²) in [6.07, 6.45) is 3.90. The second kappa shape index (κ2) is 9.01. The summed E-state index contributed by atoms with van der Waals surface area (Å²) in [5.41, 5.74) is 0.753. The lowest BCUT2D eigenvalue weighted by Gasteiger charge is -2.24. The van der Waals surface area contributed by atoms with Gasteiger partial charge in [-0.1, -0.05) is 31.5 Å². The molecule has 0 heterocycles. The molecule has 7 nitrogen and oxygen atoms in total. The number of rotatable bonds is 6. The molecule has 2 atom stereocenters. The highest BCUT2D eigenvalue weighted by Crippen LogP contribution is 2.37. The van der Waals surface area contributed by atoms with Gasteiger partial charge in [-0.15, -0.1) is 0 Å². The molecule has 0 saturated carbocycles. The van der Waals surface area contributed by atoms with Gasteiger partial charge in [-0.25, -0.2) is 4.79 Å². The van der Waals surface area contributed by atoms with Crippen LogP contribution < -0.4 is 5.32 Å². The predicted molar refractivity (Wildman–Crippen MR) is 104 cm³/mol. The van der Waals surface area contributed by atoms with Crippen molar-refractivity contribution in [2.24, 2.45) is 11.8 Å². The summed E-state index contributed by atoms with van der Waals surface area (Å²) in [5.74, 6) is -1.06. The third kappa shape index (κ3) is 4.59. The van der Waals surface area contributed by atoms with Crippen molar-refractivity contribution < 1.29 is 29.3 Å². The average molecular weight is 410 g/mol. The summed E-state index contributed by atoms with van der Waals surface area (Å²) in [6.45, 7) is 3.90. The Bertz CT molecular complexity index is 846. The van der Waals surface area contributed by atoms with Crippen molar-refractivity contribution in [2.75, 3.05) is 14.2 Å². The molecule has 3 N–H and O–H groups in total. The van der Waals surface area contributed by atoms with Crippen molar-refractivity contribution >= 4 is 23.5 Å². The van der Waals surface area contributed by atoms with Crippen LogP contribution in [0, 0.1) is 11.8 Å². The van der Waals surface area contributed by atoms with E-state index >= 15 is 0 Å². The van der Waals surface area contributed by atoms with Crippen molar-refractivity contribution in [1.82, 2.24) is 5.32 Å². The smallest absolute Gasteiger partial charge is 0.341 e. The van der Waals surface area contributed by atoms with Crippen LogP contribution in [0.2, 0.25) is 5.02 Å². The Balaban J connectivity index is 2.15. The zero-order chi connectivity index (χ0) is 21.0. The predicted octanol–water partition coefficient (Wildman–Crippen LogP) is 3.29. The first kappa shape index (κ1) is 21.6. The van der Waals surface area contributed by atoms with Gasteiger partial charge in [-0.3, -0.25) is 4.79 Å². The van der Waals surface area contributed by atoms with Gasteiger partial charge in [0.15, 0.2) is 0 Å². The van der Waals surface area contributed by atoms with E-state index in [1.54, 1.807) is 7.11 Å². The number of hydrogen-bond donors (Lipinski definition) is 3. The number of halogens is 1. The van der Waals surface area contributed by atoms with Crippen LogP contribution in [0.15, 0.2) is 29.7 Å². The summed E-state index contributed by atoms with van der Waals surface area (Å²) >= 11 is 6.09. The molecule has 8 heteroatoms. The van der Waals surface area contributed by atoms with Gasteiger partial charge >= 0.3 is 5.97 Å². The largest absolute Gasteiger partial charge is 0.507 e. The third-order valence-corrected chi connectivity index (χ3v) is 5.04. The first-order valence-corrected chi connectivity index (χ1v) is 9.16. The number of esters is 1. The van der Waals surface area contributed by atoms with Crippen LogP contribution in [-0.4, -0.2) is 36.3 Å². The highest BCUT2D eigenvalue weighted by Gasteiger charge is 2.24. The van der Waals surface area contributed by atoms with Crippen molar-refractivity contribution in [3.05, 3.63) is 45.8 Å². The number of amides is 1. The Morgan fingerprint density at radius 3 is 2.43 bits per heavy atom. The number of nitrogens with one attached hydrogen (secondary N) is 1. The van der Waals surface area contributed by atoms with Gasteiger partial charge in [-0.2, -0.15) is 0 Å². The Morgan fingerprint density at radius 2 is 1.82 bits per heavy atom. The first-order valence-electron chi connectivity index (χ1n) is 8.78. The molecule has 28 heavy (non-hydrogen) atoms. The zero-order valence-corrected chi connectivity index (χ0v) is 17.0. The maximum absolute atomic E-state index is 12.4. The zero-order valence-electron chi connectivity index (χ0n) is 16.2. The van der Waals surface area contributed by atoms with Crippen molar-refractivity contribution in [3.8, 4) is 11.5 Å². The highest BCUT2D eigenvalue weighted by molar-refractivity contribution is 6.33. The molecule has 1 amide bonds. The normalized spacial score (nSPS) is 18.8. The van der Waals surface area contributed by atoms with E-state index < -0.39 is 11.7 Å². The molecule has 1 aliphatic rings. The molecule has 0 bridgehead atoms. The Hall–Kier alpha value is -2.67. The molecule has 0 spiro atoms. The molecule has 1 aromatic carbocycles. The summed E-state index contributed by atoms with van der Waals surface area (Å²) in [5, 5.41) is 22.6. The standard InChI is InChI=1S/C20H24ClNO6/c1-10-8-16(27-3)11(2)7-13(10)22-17(25)6-5-12-18(20(26)28-4)14(23)9-15(24)19(12)21/h7-11,23-24H,5-6H2,1-4H3,(H,22,25). The number of carbonyl (C=O) groups excluding carboxylic acids is 2. The number of benzene rings is 1. The Kier molecular flexibility index (Phi) is 6.96.